The van der Waals surface area contributed by atoms with Crippen LogP contribution in [0.4, 0.5) is 8.78 Å². The van der Waals surface area contributed by atoms with E-state index >= 15 is 0 Å². The lowest BCUT2D eigenvalue weighted by Gasteiger charge is -2.17. The number of benzene rings is 2. The van der Waals surface area contributed by atoms with Crippen LogP contribution < -0.4 is 10.1 Å². The number of amides is 1. The van der Waals surface area contributed by atoms with E-state index in [9.17, 15) is 18.4 Å². The summed E-state index contributed by atoms with van der Waals surface area (Å²) in [6, 6.07) is 6.94. The number of hydrogen-bond donors (Lipinski definition) is 1. The molecule has 2 rings (SSSR count). The molecule has 26 heavy (non-hydrogen) atoms. The van der Waals surface area contributed by atoms with Gasteiger partial charge in [0.05, 0.1) is 24.8 Å². The first-order valence-corrected chi connectivity index (χ1v) is 7.90. The standard InChI is InChI=1S/C18H16ClF2NO4/c1-25-15-7-6-10(8-12(15)19)9-14(18(24)26-2)22-17(23)11-4-3-5-13(20)16(11)21/h3-8,14H,9H2,1-2H3,(H,22,23)/t14-/m1/s1. The third-order valence-corrected chi connectivity index (χ3v) is 3.94. The minimum Gasteiger partial charge on any atom is -0.495 e. The molecule has 1 atom stereocenters. The van der Waals surface area contributed by atoms with Crippen molar-refractivity contribution < 1.29 is 27.8 Å². The second kappa shape index (κ2) is 8.62. The lowest BCUT2D eigenvalue weighted by Crippen LogP contribution is -2.43. The summed E-state index contributed by atoms with van der Waals surface area (Å²) in [6.07, 6.45) is 0.0407. The van der Waals surface area contributed by atoms with Crippen molar-refractivity contribution in [3.63, 3.8) is 0 Å². The molecular weight excluding hydrogens is 368 g/mol. The van der Waals surface area contributed by atoms with Gasteiger partial charge in [0.2, 0.25) is 0 Å². The van der Waals surface area contributed by atoms with Crippen molar-refractivity contribution in [1.29, 1.82) is 0 Å². The molecule has 2 aromatic carbocycles. The first-order chi connectivity index (χ1) is 12.4. The van der Waals surface area contributed by atoms with E-state index in [-0.39, 0.29) is 6.42 Å². The SMILES string of the molecule is COC(=O)[C@@H](Cc1ccc(OC)c(Cl)c1)NC(=O)c1cccc(F)c1F. The highest BCUT2D eigenvalue weighted by molar-refractivity contribution is 6.32. The average molecular weight is 384 g/mol. The molecule has 0 aliphatic heterocycles. The summed E-state index contributed by atoms with van der Waals surface area (Å²) >= 11 is 6.05. The van der Waals surface area contributed by atoms with Gasteiger partial charge < -0.3 is 14.8 Å². The van der Waals surface area contributed by atoms with E-state index in [4.69, 9.17) is 16.3 Å². The Morgan fingerprint density at radius 2 is 1.92 bits per heavy atom. The van der Waals surface area contributed by atoms with Crippen LogP contribution in [0.5, 0.6) is 5.75 Å². The van der Waals surface area contributed by atoms with Crippen LogP contribution in [0.25, 0.3) is 0 Å². The molecule has 5 nitrogen and oxygen atoms in total. The molecule has 8 heteroatoms. The maximum Gasteiger partial charge on any atom is 0.328 e. The van der Waals surface area contributed by atoms with Crippen LogP contribution in [0.15, 0.2) is 36.4 Å². The van der Waals surface area contributed by atoms with Crippen LogP contribution in [0.1, 0.15) is 15.9 Å². The van der Waals surface area contributed by atoms with Gasteiger partial charge in [-0.2, -0.15) is 0 Å². The van der Waals surface area contributed by atoms with E-state index in [2.05, 4.69) is 10.1 Å². The third-order valence-electron chi connectivity index (χ3n) is 3.64. The summed E-state index contributed by atoms with van der Waals surface area (Å²) in [6.45, 7) is 0. The van der Waals surface area contributed by atoms with Gasteiger partial charge in [-0.25, -0.2) is 13.6 Å². The highest BCUT2D eigenvalue weighted by Gasteiger charge is 2.25. The fourth-order valence-corrected chi connectivity index (χ4v) is 2.60. The number of esters is 1. The molecule has 0 spiro atoms. The van der Waals surface area contributed by atoms with E-state index in [0.29, 0.717) is 16.3 Å². The molecule has 0 aromatic heterocycles. The lowest BCUT2D eigenvalue weighted by atomic mass is 10.0. The van der Waals surface area contributed by atoms with E-state index in [0.717, 1.165) is 19.2 Å². The number of carbonyl (C=O) groups is 2. The predicted octanol–water partition coefficient (Wildman–Crippen LogP) is 3.14. The van der Waals surface area contributed by atoms with Gasteiger partial charge >= 0.3 is 5.97 Å². The second-order valence-electron chi connectivity index (χ2n) is 5.32. The lowest BCUT2D eigenvalue weighted by molar-refractivity contribution is -0.142. The van der Waals surface area contributed by atoms with Crippen LogP contribution in [0.3, 0.4) is 0 Å². The smallest absolute Gasteiger partial charge is 0.328 e. The van der Waals surface area contributed by atoms with Crippen LogP contribution in [0.2, 0.25) is 5.02 Å². The number of hydrogen-bond acceptors (Lipinski definition) is 4. The van der Waals surface area contributed by atoms with Crippen LogP contribution in [-0.2, 0) is 16.0 Å². The van der Waals surface area contributed by atoms with Crippen molar-refractivity contribution >= 4 is 23.5 Å². The molecule has 2 aromatic rings. The number of rotatable bonds is 6. The third kappa shape index (κ3) is 4.49. The molecule has 0 unspecified atom stereocenters. The Labute approximate surface area is 153 Å². The summed E-state index contributed by atoms with van der Waals surface area (Å²) in [7, 11) is 2.62. The van der Waals surface area contributed by atoms with Crippen LogP contribution in [-0.4, -0.2) is 32.1 Å². The van der Waals surface area contributed by atoms with Crippen molar-refractivity contribution in [1.82, 2.24) is 5.32 Å². The minimum absolute atomic E-state index is 0.0407. The van der Waals surface area contributed by atoms with Gasteiger partial charge in [-0.1, -0.05) is 23.7 Å². The second-order valence-corrected chi connectivity index (χ2v) is 5.73. The van der Waals surface area contributed by atoms with Crippen molar-refractivity contribution in [2.75, 3.05) is 14.2 Å². The molecule has 138 valence electrons. The van der Waals surface area contributed by atoms with E-state index in [1.165, 1.54) is 13.2 Å². The molecule has 0 fully saturated rings. The largest absolute Gasteiger partial charge is 0.495 e. The zero-order valence-electron chi connectivity index (χ0n) is 14.0. The minimum atomic E-state index is -1.29. The quantitative estimate of drug-likeness (QED) is 0.778. The molecule has 0 saturated carbocycles. The Kier molecular flexibility index (Phi) is 6.52. The zero-order valence-corrected chi connectivity index (χ0v) is 14.8. The number of ether oxygens (including phenoxy) is 2. The molecule has 0 heterocycles. The Morgan fingerprint density at radius 1 is 1.19 bits per heavy atom. The van der Waals surface area contributed by atoms with Crippen LogP contribution in [0, 0.1) is 11.6 Å². The van der Waals surface area contributed by atoms with Gasteiger partial charge in [0, 0.05) is 6.42 Å². The summed E-state index contributed by atoms with van der Waals surface area (Å²) < 4.78 is 36.8. The van der Waals surface area contributed by atoms with Crippen molar-refractivity contribution in [2.45, 2.75) is 12.5 Å². The molecular formula is C18H16ClF2NO4. The highest BCUT2D eigenvalue weighted by Crippen LogP contribution is 2.25. The van der Waals surface area contributed by atoms with Crippen LogP contribution >= 0.6 is 11.6 Å². The topological polar surface area (TPSA) is 64.6 Å². The molecule has 0 aliphatic carbocycles. The molecule has 0 saturated heterocycles. The summed E-state index contributed by atoms with van der Waals surface area (Å²) in [5.41, 5.74) is 0.109. The Morgan fingerprint density at radius 3 is 2.54 bits per heavy atom. The van der Waals surface area contributed by atoms with E-state index in [1.807, 2.05) is 0 Å². The number of halogens is 3. The van der Waals surface area contributed by atoms with Crippen molar-refractivity contribution in [3.05, 3.63) is 64.2 Å². The van der Waals surface area contributed by atoms with Gasteiger partial charge in [0.1, 0.15) is 11.8 Å². The maximum absolute atomic E-state index is 13.8. The fraction of sp³-hybridized carbons (Fsp3) is 0.222. The predicted molar refractivity (Wildman–Crippen MR) is 91.3 cm³/mol. The zero-order chi connectivity index (χ0) is 19.3. The fourth-order valence-electron chi connectivity index (χ4n) is 2.32. The average Bonchev–Trinajstić information content (AvgIpc) is 2.62. The van der Waals surface area contributed by atoms with Gasteiger partial charge in [0.15, 0.2) is 11.6 Å². The highest BCUT2D eigenvalue weighted by atomic mass is 35.5. The molecule has 1 N–H and O–H groups in total. The van der Waals surface area contributed by atoms with Crippen molar-refractivity contribution in [2.24, 2.45) is 0 Å². The normalized spacial score (nSPS) is 11.6. The Hall–Kier alpha value is -2.67. The van der Waals surface area contributed by atoms with Gasteiger partial charge in [0.25, 0.3) is 5.91 Å². The number of methoxy groups -OCH3 is 2. The molecule has 0 bridgehead atoms. The number of carbonyl (C=O) groups excluding carboxylic acids is 2. The Bertz CT molecular complexity index is 829. The van der Waals surface area contributed by atoms with Gasteiger partial charge in [-0.05, 0) is 29.8 Å². The first kappa shape index (κ1) is 19.7. The monoisotopic (exact) mass is 383 g/mol. The molecule has 1 amide bonds. The summed E-state index contributed by atoms with van der Waals surface area (Å²) in [5.74, 6) is -3.66. The van der Waals surface area contributed by atoms with Crippen molar-refractivity contribution in [3.8, 4) is 5.75 Å². The van der Waals surface area contributed by atoms with E-state index < -0.39 is 35.1 Å². The van der Waals surface area contributed by atoms with Gasteiger partial charge in [-0.15, -0.1) is 0 Å². The summed E-state index contributed by atoms with van der Waals surface area (Å²) in [4.78, 5) is 24.2. The molecule has 0 radical (unpaired) electrons. The number of nitrogens with one attached hydrogen (secondary N) is 1. The van der Waals surface area contributed by atoms with E-state index in [1.54, 1.807) is 18.2 Å². The maximum atomic E-state index is 13.8. The molecule has 0 aliphatic rings. The summed E-state index contributed by atoms with van der Waals surface area (Å²) in [5, 5.41) is 2.68. The first-order valence-electron chi connectivity index (χ1n) is 7.52. The Balaban J connectivity index is 2.22. The van der Waals surface area contributed by atoms with Gasteiger partial charge in [-0.3, -0.25) is 4.79 Å².